The van der Waals surface area contributed by atoms with E-state index in [2.05, 4.69) is 15.0 Å². The van der Waals surface area contributed by atoms with Crippen LogP contribution in [0.25, 0.3) is 11.2 Å². The molecule has 3 aromatic rings. The number of aromatic amines is 1. The van der Waals surface area contributed by atoms with E-state index in [0.717, 1.165) is 5.56 Å². The van der Waals surface area contributed by atoms with Gasteiger partial charge in [-0.05, 0) is 25.5 Å². The number of nitrogens with one attached hydrogen (secondary N) is 1. The highest BCUT2D eigenvalue weighted by atomic mass is 16.5. The van der Waals surface area contributed by atoms with Crippen LogP contribution in [0.3, 0.4) is 0 Å². The number of likely N-dealkylation sites (tertiary alicyclic amines) is 1. The topological polar surface area (TPSA) is 93.1 Å². The van der Waals surface area contributed by atoms with Crippen LogP contribution in [0.5, 0.6) is 5.75 Å². The number of fused-ring (bicyclic) bond motifs is 1. The highest BCUT2D eigenvalue weighted by Gasteiger charge is 2.30. The van der Waals surface area contributed by atoms with Gasteiger partial charge in [0.15, 0.2) is 12.3 Å². The molecule has 0 radical (unpaired) electrons. The van der Waals surface area contributed by atoms with Crippen molar-refractivity contribution in [3.63, 3.8) is 0 Å². The molecule has 0 aliphatic carbocycles. The summed E-state index contributed by atoms with van der Waals surface area (Å²) in [5.74, 6) is 0.583. The molecule has 1 amide bonds. The van der Waals surface area contributed by atoms with E-state index >= 15 is 0 Å². The number of benzene rings is 1. The van der Waals surface area contributed by atoms with E-state index in [1.54, 1.807) is 15.7 Å². The predicted octanol–water partition coefficient (Wildman–Crippen LogP) is 1.28. The van der Waals surface area contributed by atoms with Crippen LogP contribution >= 0.6 is 0 Å². The first-order chi connectivity index (χ1) is 12.6. The van der Waals surface area contributed by atoms with Crippen molar-refractivity contribution in [3.8, 4) is 5.75 Å². The standard InChI is InChI=1S/C18H19N5O3/c1-12-2-4-14(5-3-12)26-10-16(24)22-7-6-13(9-22)23-17-15(21-18(23)25)8-19-11-20-17/h2-5,8,11,13H,6-7,9-10H2,1H3,(H,21,25). The maximum atomic E-state index is 12.4. The van der Waals surface area contributed by atoms with Gasteiger partial charge in [-0.2, -0.15) is 0 Å². The molecule has 2 aromatic heterocycles. The minimum atomic E-state index is -0.226. The smallest absolute Gasteiger partial charge is 0.328 e. The van der Waals surface area contributed by atoms with Crippen molar-refractivity contribution >= 4 is 17.1 Å². The normalized spacial score (nSPS) is 17.0. The molecule has 1 saturated heterocycles. The number of H-pyrrole nitrogens is 1. The Labute approximate surface area is 149 Å². The van der Waals surface area contributed by atoms with Gasteiger partial charge in [0.05, 0.1) is 12.2 Å². The van der Waals surface area contributed by atoms with Crippen LogP contribution in [0.2, 0.25) is 0 Å². The zero-order valence-corrected chi connectivity index (χ0v) is 14.4. The van der Waals surface area contributed by atoms with Crippen LogP contribution < -0.4 is 10.4 Å². The molecule has 1 atom stereocenters. The Hall–Kier alpha value is -3.16. The van der Waals surface area contributed by atoms with Gasteiger partial charge in [-0.25, -0.2) is 14.8 Å². The molecule has 8 heteroatoms. The monoisotopic (exact) mass is 353 g/mol. The Bertz CT molecular complexity index is 992. The van der Waals surface area contributed by atoms with E-state index in [1.165, 1.54) is 6.33 Å². The lowest BCUT2D eigenvalue weighted by atomic mass is 10.2. The number of imidazole rings is 1. The van der Waals surface area contributed by atoms with Crippen LogP contribution in [-0.2, 0) is 4.79 Å². The number of nitrogens with zero attached hydrogens (tertiary/aromatic N) is 4. The number of amides is 1. The number of hydrogen-bond donors (Lipinski definition) is 1. The van der Waals surface area contributed by atoms with Crippen LogP contribution in [-0.4, -0.2) is 50.0 Å². The van der Waals surface area contributed by atoms with Gasteiger partial charge in [-0.15, -0.1) is 0 Å². The highest BCUT2D eigenvalue weighted by molar-refractivity contribution is 5.78. The number of aromatic nitrogens is 4. The fourth-order valence-corrected chi connectivity index (χ4v) is 3.26. The predicted molar refractivity (Wildman–Crippen MR) is 95.1 cm³/mol. The summed E-state index contributed by atoms with van der Waals surface area (Å²) in [6.45, 7) is 3.04. The van der Waals surface area contributed by atoms with Crippen LogP contribution in [0, 0.1) is 6.92 Å². The molecular formula is C18H19N5O3. The van der Waals surface area contributed by atoms with Gasteiger partial charge in [0.1, 0.15) is 17.6 Å². The maximum absolute atomic E-state index is 12.4. The lowest BCUT2D eigenvalue weighted by Gasteiger charge is -2.17. The Morgan fingerprint density at radius 1 is 1.35 bits per heavy atom. The Balaban J connectivity index is 1.43. The van der Waals surface area contributed by atoms with Gasteiger partial charge >= 0.3 is 5.69 Å². The van der Waals surface area contributed by atoms with E-state index in [0.29, 0.717) is 36.4 Å². The van der Waals surface area contributed by atoms with Gasteiger partial charge in [-0.1, -0.05) is 17.7 Å². The molecule has 1 fully saturated rings. The molecule has 1 N–H and O–H groups in total. The van der Waals surface area contributed by atoms with Crippen molar-refractivity contribution in [1.29, 1.82) is 0 Å². The quantitative estimate of drug-likeness (QED) is 0.763. The van der Waals surface area contributed by atoms with Crippen molar-refractivity contribution in [3.05, 3.63) is 52.8 Å². The average molecular weight is 353 g/mol. The second-order valence-electron chi connectivity index (χ2n) is 6.44. The van der Waals surface area contributed by atoms with E-state index in [1.807, 2.05) is 31.2 Å². The molecule has 1 aliphatic heterocycles. The molecule has 4 rings (SSSR count). The summed E-state index contributed by atoms with van der Waals surface area (Å²) in [5.41, 5.74) is 2.08. The first kappa shape index (κ1) is 16.3. The summed E-state index contributed by atoms with van der Waals surface area (Å²) in [7, 11) is 0. The first-order valence-electron chi connectivity index (χ1n) is 8.49. The van der Waals surface area contributed by atoms with Gasteiger partial charge in [-0.3, -0.25) is 9.36 Å². The zero-order chi connectivity index (χ0) is 18.1. The highest BCUT2D eigenvalue weighted by Crippen LogP contribution is 2.23. The molecule has 26 heavy (non-hydrogen) atoms. The molecule has 0 bridgehead atoms. The van der Waals surface area contributed by atoms with E-state index in [-0.39, 0.29) is 24.2 Å². The average Bonchev–Trinajstić information content (AvgIpc) is 3.24. The van der Waals surface area contributed by atoms with Gasteiger partial charge in [0, 0.05) is 13.1 Å². The third kappa shape index (κ3) is 3.05. The lowest BCUT2D eigenvalue weighted by molar-refractivity contribution is -0.132. The van der Waals surface area contributed by atoms with E-state index in [4.69, 9.17) is 4.74 Å². The van der Waals surface area contributed by atoms with E-state index in [9.17, 15) is 9.59 Å². The number of carbonyl (C=O) groups excluding carboxylic acids is 1. The third-order valence-corrected chi connectivity index (χ3v) is 4.64. The van der Waals surface area contributed by atoms with Crippen molar-refractivity contribution in [2.45, 2.75) is 19.4 Å². The molecule has 1 unspecified atom stereocenters. The summed E-state index contributed by atoms with van der Waals surface area (Å²) in [6, 6.07) is 7.48. The Morgan fingerprint density at radius 3 is 2.96 bits per heavy atom. The van der Waals surface area contributed by atoms with Crippen molar-refractivity contribution in [1.82, 2.24) is 24.4 Å². The van der Waals surface area contributed by atoms with E-state index < -0.39 is 0 Å². The number of hydrogen-bond acceptors (Lipinski definition) is 5. The largest absolute Gasteiger partial charge is 0.484 e. The Morgan fingerprint density at radius 2 is 2.15 bits per heavy atom. The lowest BCUT2D eigenvalue weighted by Crippen LogP contribution is -2.34. The summed E-state index contributed by atoms with van der Waals surface area (Å²) in [4.78, 5) is 37.3. The minimum absolute atomic E-state index is 0.0132. The second-order valence-corrected chi connectivity index (χ2v) is 6.44. The van der Waals surface area contributed by atoms with Crippen LogP contribution in [0.15, 0.2) is 41.6 Å². The van der Waals surface area contributed by atoms with Crippen LogP contribution in [0.1, 0.15) is 18.0 Å². The summed E-state index contributed by atoms with van der Waals surface area (Å²) >= 11 is 0. The molecule has 0 spiro atoms. The number of ether oxygens (including phenoxy) is 1. The molecule has 1 aromatic carbocycles. The van der Waals surface area contributed by atoms with Gasteiger partial charge in [0.25, 0.3) is 5.91 Å². The summed E-state index contributed by atoms with van der Waals surface area (Å²) in [5, 5.41) is 0. The Kier molecular flexibility index (Phi) is 4.16. The van der Waals surface area contributed by atoms with Crippen LogP contribution in [0.4, 0.5) is 0 Å². The zero-order valence-electron chi connectivity index (χ0n) is 14.4. The second kappa shape index (κ2) is 6.62. The summed E-state index contributed by atoms with van der Waals surface area (Å²) in [6.07, 6.45) is 3.69. The van der Waals surface area contributed by atoms with Crippen molar-refractivity contribution in [2.75, 3.05) is 19.7 Å². The molecule has 1 aliphatic rings. The van der Waals surface area contributed by atoms with Crippen molar-refractivity contribution in [2.24, 2.45) is 0 Å². The van der Waals surface area contributed by atoms with Gasteiger partial charge in [0.2, 0.25) is 0 Å². The first-order valence-corrected chi connectivity index (χ1v) is 8.49. The third-order valence-electron chi connectivity index (χ3n) is 4.64. The number of aryl methyl sites for hydroxylation is 1. The molecular weight excluding hydrogens is 334 g/mol. The maximum Gasteiger partial charge on any atom is 0.328 e. The molecule has 3 heterocycles. The molecule has 134 valence electrons. The van der Waals surface area contributed by atoms with Gasteiger partial charge < -0.3 is 14.6 Å². The number of carbonyl (C=O) groups is 1. The fraction of sp³-hybridized carbons (Fsp3) is 0.333. The molecule has 8 nitrogen and oxygen atoms in total. The molecule has 0 saturated carbocycles. The summed E-state index contributed by atoms with van der Waals surface area (Å²) < 4.78 is 7.18. The minimum Gasteiger partial charge on any atom is -0.484 e. The SMILES string of the molecule is Cc1ccc(OCC(=O)N2CCC(n3c(=O)[nH]c4cncnc43)C2)cc1. The van der Waals surface area contributed by atoms with Crippen molar-refractivity contribution < 1.29 is 9.53 Å². The fourth-order valence-electron chi connectivity index (χ4n) is 3.26. The number of rotatable bonds is 4.